The molecule has 0 radical (unpaired) electrons. The van der Waals surface area contributed by atoms with Gasteiger partial charge in [0, 0.05) is 13.1 Å². The van der Waals surface area contributed by atoms with Gasteiger partial charge in [-0.15, -0.1) is 0 Å². The number of nitrogens with one attached hydrogen (secondary N) is 1. The molecular formula is C25H27N3O7S2. The number of anilines is 2. The highest BCUT2D eigenvalue weighted by Crippen LogP contribution is 2.29. The van der Waals surface area contributed by atoms with Gasteiger partial charge >= 0.3 is 0 Å². The van der Waals surface area contributed by atoms with Crippen LogP contribution in [0.5, 0.6) is 11.5 Å². The van der Waals surface area contributed by atoms with Gasteiger partial charge in [0.15, 0.2) is 5.75 Å². The van der Waals surface area contributed by atoms with Crippen molar-refractivity contribution in [2.45, 2.75) is 4.90 Å². The molecule has 3 aromatic carbocycles. The van der Waals surface area contributed by atoms with Crippen molar-refractivity contribution in [2.75, 3.05) is 48.7 Å². The fourth-order valence-electron chi connectivity index (χ4n) is 3.71. The van der Waals surface area contributed by atoms with E-state index in [1.165, 1.54) is 28.6 Å². The number of para-hydroxylation sites is 3. The summed E-state index contributed by atoms with van der Waals surface area (Å²) in [4.78, 5) is 12.9. The standard InChI is InChI=1S/C25H27N3O7S2/c1-36(30,31)28(20-11-13-22(14-12-20)37(32,33)27-15-17-34-18-16-27)19-25(29)26-23-9-5-6-10-24(23)35-21-7-3-2-4-8-21/h2-14H,15-19H2,1H3,(H,26,29). The van der Waals surface area contributed by atoms with Crippen molar-refractivity contribution < 1.29 is 31.1 Å². The second-order valence-electron chi connectivity index (χ2n) is 8.24. The third kappa shape index (κ3) is 6.66. The Morgan fingerprint density at radius 2 is 1.54 bits per heavy atom. The Balaban J connectivity index is 1.50. The number of amides is 1. The molecule has 12 heteroatoms. The Labute approximate surface area is 216 Å². The quantitative estimate of drug-likeness (QED) is 0.439. The Morgan fingerprint density at radius 3 is 2.19 bits per heavy atom. The lowest BCUT2D eigenvalue weighted by molar-refractivity contribution is -0.114. The lowest BCUT2D eigenvalue weighted by Gasteiger charge is -2.26. The fraction of sp³-hybridized carbons (Fsp3) is 0.240. The van der Waals surface area contributed by atoms with Crippen LogP contribution in [-0.2, 0) is 29.6 Å². The zero-order valence-electron chi connectivity index (χ0n) is 20.1. The molecule has 1 heterocycles. The van der Waals surface area contributed by atoms with E-state index in [9.17, 15) is 21.6 Å². The summed E-state index contributed by atoms with van der Waals surface area (Å²) in [5.41, 5.74) is 0.532. The minimum absolute atomic E-state index is 0.0306. The lowest BCUT2D eigenvalue weighted by atomic mass is 10.2. The smallest absolute Gasteiger partial charge is 0.245 e. The summed E-state index contributed by atoms with van der Waals surface area (Å²) in [5, 5.41) is 2.70. The van der Waals surface area contributed by atoms with Gasteiger partial charge in [-0.05, 0) is 48.5 Å². The number of benzene rings is 3. The van der Waals surface area contributed by atoms with Gasteiger partial charge in [-0.3, -0.25) is 9.10 Å². The first kappa shape index (κ1) is 26.6. The minimum Gasteiger partial charge on any atom is -0.455 e. The van der Waals surface area contributed by atoms with Gasteiger partial charge in [0.05, 0.1) is 35.7 Å². The average molecular weight is 546 g/mol. The number of nitrogens with zero attached hydrogens (tertiary/aromatic N) is 2. The number of rotatable bonds is 9. The molecule has 1 fully saturated rings. The highest BCUT2D eigenvalue weighted by atomic mass is 32.2. The molecule has 0 atom stereocenters. The number of carbonyl (C=O) groups excluding carboxylic acids is 1. The summed E-state index contributed by atoms with van der Waals surface area (Å²) in [7, 11) is -7.61. The van der Waals surface area contributed by atoms with E-state index in [1.54, 1.807) is 36.4 Å². The molecular weight excluding hydrogens is 518 g/mol. The topological polar surface area (TPSA) is 122 Å². The van der Waals surface area contributed by atoms with Gasteiger partial charge in [0.2, 0.25) is 26.0 Å². The molecule has 196 valence electrons. The van der Waals surface area contributed by atoms with Crippen molar-refractivity contribution in [2.24, 2.45) is 0 Å². The van der Waals surface area contributed by atoms with E-state index in [4.69, 9.17) is 9.47 Å². The molecule has 0 unspecified atom stereocenters. The van der Waals surface area contributed by atoms with E-state index in [0.29, 0.717) is 30.4 Å². The molecule has 1 aliphatic heterocycles. The van der Waals surface area contributed by atoms with Crippen LogP contribution in [0.25, 0.3) is 0 Å². The zero-order chi connectivity index (χ0) is 26.5. The first-order valence-electron chi connectivity index (χ1n) is 11.4. The monoisotopic (exact) mass is 545 g/mol. The Bertz CT molecular complexity index is 1440. The highest BCUT2D eigenvalue weighted by molar-refractivity contribution is 7.92. The molecule has 1 amide bonds. The van der Waals surface area contributed by atoms with Crippen LogP contribution in [0.2, 0.25) is 0 Å². The van der Waals surface area contributed by atoms with Crippen LogP contribution in [0, 0.1) is 0 Å². The summed E-state index contributed by atoms with van der Waals surface area (Å²) in [6, 6.07) is 21.2. The minimum atomic E-state index is -3.87. The maximum absolute atomic E-state index is 12.9. The molecule has 3 aromatic rings. The molecule has 1 aliphatic rings. The van der Waals surface area contributed by atoms with Crippen LogP contribution in [0.15, 0.2) is 83.8 Å². The molecule has 1 N–H and O–H groups in total. The first-order valence-corrected chi connectivity index (χ1v) is 14.7. The summed E-state index contributed by atoms with van der Waals surface area (Å²) in [5.74, 6) is 0.374. The number of carbonyl (C=O) groups is 1. The van der Waals surface area contributed by atoms with Crippen LogP contribution in [0.1, 0.15) is 0 Å². The third-order valence-electron chi connectivity index (χ3n) is 5.55. The molecule has 0 spiro atoms. The van der Waals surface area contributed by atoms with Gasteiger partial charge in [-0.2, -0.15) is 4.31 Å². The Hall–Kier alpha value is -3.45. The molecule has 4 rings (SSSR count). The predicted molar refractivity (Wildman–Crippen MR) is 140 cm³/mol. The second-order valence-corrected chi connectivity index (χ2v) is 12.1. The maximum atomic E-state index is 12.9. The number of hydrogen-bond donors (Lipinski definition) is 1. The maximum Gasteiger partial charge on any atom is 0.245 e. The summed E-state index contributed by atoms with van der Waals surface area (Å²) >= 11 is 0. The van der Waals surface area contributed by atoms with Crippen LogP contribution >= 0.6 is 0 Å². The summed E-state index contributed by atoms with van der Waals surface area (Å²) in [6.45, 7) is 0.597. The number of morpholine rings is 1. The predicted octanol–water partition coefficient (Wildman–Crippen LogP) is 2.90. The molecule has 0 aromatic heterocycles. The molecule has 0 saturated carbocycles. The van der Waals surface area contributed by atoms with Gasteiger partial charge in [0.25, 0.3) is 0 Å². The summed E-state index contributed by atoms with van der Waals surface area (Å²) in [6.07, 6.45) is 0.977. The van der Waals surface area contributed by atoms with E-state index in [0.717, 1.165) is 10.6 Å². The lowest BCUT2D eigenvalue weighted by Crippen LogP contribution is -2.40. The van der Waals surface area contributed by atoms with E-state index < -0.39 is 32.5 Å². The summed E-state index contributed by atoms with van der Waals surface area (Å²) < 4.78 is 64.1. The van der Waals surface area contributed by atoms with Crippen molar-refractivity contribution in [1.29, 1.82) is 0 Å². The largest absolute Gasteiger partial charge is 0.455 e. The van der Waals surface area contributed by atoms with Crippen molar-refractivity contribution >= 4 is 37.3 Å². The van der Waals surface area contributed by atoms with E-state index in [1.807, 2.05) is 18.2 Å². The highest BCUT2D eigenvalue weighted by Gasteiger charge is 2.27. The Kier molecular flexibility index (Phi) is 8.13. The van der Waals surface area contributed by atoms with Crippen molar-refractivity contribution in [3.05, 3.63) is 78.9 Å². The van der Waals surface area contributed by atoms with E-state index in [2.05, 4.69) is 5.32 Å². The van der Waals surface area contributed by atoms with Crippen LogP contribution < -0.4 is 14.4 Å². The molecule has 10 nitrogen and oxygen atoms in total. The SMILES string of the molecule is CS(=O)(=O)N(CC(=O)Nc1ccccc1Oc1ccccc1)c1ccc(S(=O)(=O)N2CCOCC2)cc1. The number of hydrogen-bond acceptors (Lipinski definition) is 7. The normalized spacial score (nSPS) is 14.6. The number of ether oxygens (including phenoxy) is 2. The molecule has 1 saturated heterocycles. The van der Waals surface area contributed by atoms with Gasteiger partial charge in [0.1, 0.15) is 12.3 Å². The Morgan fingerprint density at radius 1 is 0.919 bits per heavy atom. The molecule has 0 bridgehead atoms. The zero-order valence-corrected chi connectivity index (χ0v) is 21.7. The van der Waals surface area contributed by atoms with Crippen molar-refractivity contribution in [3.63, 3.8) is 0 Å². The fourth-order valence-corrected chi connectivity index (χ4v) is 5.98. The third-order valence-corrected chi connectivity index (χ3v) is 8.61. The van der Waals surface area contributed by atoms with Crippen LogP contribution in [-0.4, -0.2) is 66.2 Å². The first-order chi connectivity index (χ1) is 17.6. The van der Waals surface area contributed by atoms with Crippen molar-refractivity contribution in [1.82, 2.24) is 4.31 Å². The van der Waals surface area contributed by atoms with Gasteiger partial charge < -0.3 is 14.8 Å². The van der Waals surface area contributed by atoms with Crippen LogP contribution in [0.3, 0.4) is 0 Å². The van der Waals surface area contributed by atoms with Crippen molar-refractivity contribution in [3.8, 4) is 11.5 Å². The average Bonchev–Trinajstić information content (AvgIpc) is 2.89. The molecule has 37 heavy (non-hydrogen) atoms. The van der Waals surface area contributed by atoms with Crippen LogP contribution in [0.4, 0.5) is 11.4 Å². The van der Waals surface area contributed by atoms with E-state index in [-0.39, 0.29) is 23.7 Å². The second kappa shape index (κ2) is 11.3. The number of sulfonamides is 2. The molecule has 0 aliphatic carbocycles. The van der Waals surface area contributed by atoms with Gasteiger partial charge in [-0.25, -0.2) is 16.8 Å². The van der Waals surface area contributed by atoms with E-state index >= 15 is 0 Å². The van der Waals surface area contributed by atoms with Gasteiger partial charge in [-0.1, -0.05) is 30.3 Å².